The molecule has 1 unspecified atom stereocenters. The quantitative estimate of drug-likeness (QED) is 0.207. The lowest BCUT2D eigenvalue weighted by molar-refractivity contribution is -0.137. The molecule has 2 aliphatic rings. The third-order valence-electron chi connectivity index (χ3n) is 9.19. The number of nitrogens with one attached hydrogen (secondary N) is 2. The van der Waals surface area contributed by atoms with Crippen molar-refractivity contribution in [1.29, 1.82) is 0 Å². The maximum Gasteiger partial charge on any atom is 0.357 e. The number of carbonyl (C=O) groups is 1. The normalized spacial score (nSPS) is 24.7. The van der Waals surface area contributed by atoms with E-state index in [0.29, 0.717) is 11.5 Å². The summed E-state index contributed by atoms with van der Waals surface area (Å²) in [5, 5.41) is 6.25. The lowest BCUT2D eigenvalue weighted by atomic mass is 9.49. The molecule has 4 atom stereocenters. The molecule has 0 bridgehead atoms. The molecule has 0 aromatic heterocycles. The summed E-state index contributed by atoms with van der Waals surface area (Å²) in [7, 11) is -3.69. The molecule has 0 aliphatic heterocycles. The van der Waals surface area contributed by atoms with E-state index in [0.717, 1.165) is 36.6 Å². The molecule has 1 fully saturated rings. The second kappa shape index (κ2) is 13.0. The molecule has 2 aromatic carbocycles. The van der Waals surface area contributed by atoms with E-state index in [-0.39, 0.29) is 35.6 Å². The predicted molar refractivity (Wildman–Crippen MR) is 173 cm³/mol. The van der Waals surface area contributed by atoms with Crippen LogP contribution in [0.15, 0.2) is 46.9 Å². The smallest absolute Gasteiger partial charge is 0.345 e. The van der Waals surface area contributed by atoms with Gasteiger partial charge in [0.15, 0.2) is 10.9 Å². The number of aryl methyl sites for hydroxylation is 1. The van der Waals surface area contributed by atoms with Gasteiger partial charge in [-0.25, -0.2) is 0 Å². The van der Waals surface area contributed by atoms with Crippen LogP contribution in [0.2, 0.25) is 0 Å². The van der Waals surface area contributed by atoms with Gasteiger partial charge in [0.1, 0.15) is 0 Å². The molecule has 2 aliphatic carbocycles. The van der Waals surface area contributed by atoms with Crippen LogP contribution in [-0.2, 0) is 30.2 Å². The number of halogens is 1. The highest BCUT2D eigenvalue weighted by Crippen LogP contribution is 2.61. The van der Waals surface area contributed by atoms with E-state index in [9.17, 15) is 9.36 Å². The van der Waals surface area contributed by atoms with Crippen molar-refractivity contribution in [1.82, 2.24) is 10.6 Å². The first-order valence-electron chi connectivity index (χ1n) is 14.8. The van der Waals surface area contributed by atoms with E-state index in [4.69, 9.17) is 21.3 Å². The molecule has 0 radical (unpaired) electrons. The Hall–Kier alpha value is -1.57. The predicted octanol–water partition coefficient (Wildman–Crippen LogP) is 8.54. The number of hydrogen-bond donors (Lipinski definition) is 2. The third-order valence-corrected chi connectivity index (χ3v) is 12.4. The first kappa shape index (κ1) is 32.3. The zero-order chi connectivity index (χ0) is 30.0. The first-order valence-corrected chi connectivity index (χ1v) is 17.6. The number of amides is 1. The third kappa shape index (κ3) is 6.38. The van der Waals surface area contributed by atoms with E-state index in [1.807, 2.05) is 24.3 Å². The van der Waals surface area contributed by atoms with E-state index in [1.165, 1.54) is 16.7 Å². The van der Waals surface area contributed by atoms with Crippen LogP contribution in [0, 0.1) is 11.3 Å². The number of carbonyl (C=O) groups excluding carboxylic acids is 1. The Labute approximate surface area is 259 Å². The van der Waals surface area contributed by atoms with Gasteiger partial charge in [-0.05, 0) is 91.8 Å². The highest BCUT2D eigenvalue weighted by atomic mass is 79.9. The van der Waals surface area contributed by atoms with Crippen molar-refractivity contribution in [2.24, 2.45) is 11.3 Å². The van der Waals surface area contributed by atoms with Crippen LogP contribution in [0.3, 0.4) is 0 Å². The minimum absolute atomic E-state index is 0.0838. The Kier molecular flexibility index (Phi) is 10.2. The Morgan fingerprint density at radius 1 is 1.12 bits per heavy atom. The van der Waals surface area contributed by atoms with Gasteiger partial charge < -0.3 is 19.7 Å². The van der Waals surface area contributed by atoms with Crippen molar-refractivity contribution in [3.63, 3.8) is 0 Å². The summed E-state index contributed by atoms with van der Waals surface area (Å²) >= 11 is 9.26. The van der Waals surface area contributed by atoms with Crippen molar-refractivity contribution in [3.05, 3.63) is 69.2 Å². The largest absolute Gasteiger partial charge is 0.357 e. The Morgan fingerprint density at radius 3 is 2.44 bits per heavy atom. The topological polar surface area (TPSA) is 76.7 Å². The minimum Gasteiger partial charge on any atom is -0.345 e. The molecule has 41 heavy (non-hydrogen) atoms. The molecular formula is C32H44BrN2O4PS. The van der Waals surface area contributed by atoms with Crippen LogP contribution in [0.25, 0.3) is 0 Å². The molecule has 0 heterocycles. The fourth-order valence-electron chi connectivity index (χ4n) is 7.12. The summed E-state index contributed by atoms with van der Waals surface area (Å²) in [4.78, 5) is 14.1. The lowest BCUT2D eigenvalue weighted by Crippen LogP contribution is -2.57. The zero-order valence-corrected chi connectivity index (χ0v) is 28.4. The summed E-state index contributed by atoms with van der Waals surface area (Å²) in [6.07, 6.45) is 4.75. The van der Waals surface area contributed by atoms with Gasteiger partial charge in [-0.1, -0.05) is 86.4 Å². The van der Waals surface area contributed by atoms with Gasteiger partial charge in [0.05, 0.1) is 18.6 Å². The highest BCUT2D eigenvalue weighted by molar-refractivity contribution is 9.10. The first-order chi connectivity index (χ1) is 19.4. The minimum atomic E-state index is -3.69. The fraction of sp³-hybridized carbons (Fsp3) is 0.562. The summed E-state index contributed by atoms with van der Waals surface area (Å²) in [6.45, 7) is 12.9. The van der Waals surface area contributed by atoms with Gasteiger partial charge in [-0.3, -0.25) is 9.36 Å². The maximum absolute atomic E-state index is 14.1. The molecule has 224 valence electrons. The Balaban J connectivity index is 1.59. The van der Waals surface area contributed by atoms with Gasteiger partial charge in [0, 0.05) is 10.0 Å². The monoisotopic (exact) mass is 662 g/mol. The van der Waals surface area contributed by atoms with Gasteiger partial charge >= 0.3 is 7.60 Å². The number of benzene rings is 2. The standard InChI is InChI=1S/C32H44BrN2O4PS/c1-7-38-40(37,39-8-2)28(24-12-9-10-13-26(24)33)34-30(41)35-29(36)32(6)19-11-18-31(5)25-16-14-22(21(3)4)20-23(25)15-17-27(31)32/h9-10,12-14,16,20-21,27-28H,7-8,11,15,17-19H2,1-6H3,(H2,34,35,36,41)/t27-,28?,31-,32-/m1/s1. The van der Waals surface area contributed by atoms with Crippen molar-refractivity contribution >= 4 is 46.8 Å². The van der Waals surface area contributed by atoms with E-state index in [2.05, 4.69) is 72.5 Å². The molecule has 6 nitrogen and oxygen atoms in total. The van der Waals surface area contributed by atoms with Crippen molar-refractivity contribution in [2.75, 3.05) is 13.2 Å². The Bertz CT molecular complexity index is 1330. The van der Waals surface area contributed by atoms with E-state index < -0.39 is 18.8 Å². The zero-order valence-electron chi connectivity index (χ0n) is 25.1. The number of hydrogen-bond acceptors (Lipinski definition) is 5. The van der Waals surface area contributed by atoms with Crippen LogP contribution < -0.4 is 10.6 Å². The average Bonchev–Trinajstić information content (AvgIpc) is 2.92. The lowest BCUT2D eigenvalue weighted by Gasteiger charge is -2.54. The van der Waals surface area contributed by atoms with Crippen molar-refractivity contribution < 1.29 is 18.4 Å². The molecule has 0 saturated heterocycles. The summed E-state index contributed by atoms with van der Waals surface area (Å²) in [6, 6.07) is 14.4. The second-order valence-corrected chi connectivity index (χ2v) is 15.5. The number of thiocarbonyl (C=S) groups is 1. The van der Waals surface area contributed by atoms with E-state index >= 15 is 0 Å². The molecule has 2 aromatic rings. The fourth-order valence-corrected chi connectivity index (χ4v) is 10.1. The molecule has 1 amide bonds. The molecule has 2 N–H and O–H groups in total. The Morgan fingerprint density at radius 2 is 1.80 bits per heavy atom. The van der Waals surface area contributed by atoms with Crippen molar-refractivity contribution in [3.8, 4) is 0 Å². The summed E-state index contributed by atoms with van der Waals surface area (Å²) < 4.78 is 26.1. The molecule has 1 saturated carbocycles. The van der Waals surface area contributed by atoms with Crippen LogP contribution in [0.1, 0.15) is 101 Å². The van der Waals surface area contributed by atoms with Crippen LogP contribution >= 0.6 is 35.7 Å². The van der Waals surface area contributed by atoms with E-state index in [1.54, 1.807) is 13.8 Å². The van der Waals surface area contributed by atoms with Gasteiger partial charge in [-0.2, -0.15) is 0 Å². The summed E-state index contributed by atoms with van der Waals surface area (Å²) in [5.41, 5.74) is 4.18. The van der Waals surface area contributed by atoms with Crippen LogP contribution in [0.5, 0.6) is 0 Å². The van der Waals surface area contributed by atoms with Crippen LogP contribution in [-0.4, -0.2) is 24.2 Å². The maximum atomic E-state index is 14.1. The van der Waals surface area contributed by atoms with Gasteiger partial charge in [0.25, 0.3) is 0 Å². The van der Waals surface area contributed by atoms with Crippen LogP contribution in [0.4, 0.5) is 0 Å². The van der Waals surface area contributed by atoms with Gasteiger partial charge in [0.2, 0.25) is 5.91 Å². The molecule has 0 spiro atoms. The number of fused-ring (bicyclic) bond motifs is 3. The highest BCUT2D eigenvalue weighted by Gasteiger charge is 2.55. The summed E-state index contributed by atoms with van der Waals surface area (Å²) in [5.74, 6) is -0.322. The average molecular weight is 664 g/mol. The second-order valence-electron chi connectivity index (χ2n) is 12.1. The SMILES string of the molecule is CCOP(=O)(OCC)C(NC(=S)NC(=O)[C@]1(C)CCC[C@]2(C)c3ccc(C(C)C)cc3CC[C@@H]12)c1ccccc1Br. The molecular weight excluding hydrogens is 619 g/mol. The number of rotatable bonds is 9. The van der Waals surface area contributed by atoms with Crippen molar-refractivity contribution in [2.45, 2.75) is 90.8 Å². The van der Waals surface area contributed by atoms with Gasteiger partial charge in [-0.15, -0.1) is 0 Å². The molecule has 4 rings (SSSR count). The molecule has 9 heteroatoms.